The summed E-state index contributed by atoms with van der Waals surface area (Å²) in [5, 5.41) is 0. The fraction of sp³-hybridized carbons (Fsp3) is 0.562. The van der Waals surface area contributed by atoms with E-state index in [0.29, 0.717) is 12.0 Å². The van der Waals surface area contributed by atoms with Crippen molar-refractivity contribution in [2.75, 3.05) is 0 Å². The van der Waals surface area contributed by atoms with E-state index in [0.717, 1.165) is 31.4 Å². The summed E-state index contributed by atoms with van der Waals surface area (Å²) in [6, 6.07) is 0. The van der Waals surface area contributed by atoms with Crippen LogP contribution in [-0.2, 0) is 19.0 Å². The van der Waals surface area contributed by atoms with Crippen molar-refractivity contribution in [1.82, 2.24) is 0 Å². The van der Waals surface area contributed by atoms with Gasteiger partial charge in [-0.3, -0.25) is 0 Å². The molecule has 0 radical (unpaired) electrons. The van der Waals surface area contributed by atoms with E-state index in [9.17, 15) is 4.79 Å². The van der Waals surface area contributed by atoms with Gasteiger partial charge in [0, 0.05) is 18.9 Å². The Morgan fingerprint density at radius 1 is 1.40 bits per heavy atom. The van der Waals surface area contributed by atoms with Gasteiger partial charge in [-0.05, 0) is 25.8 Å². The monoisotopic (exact) mass is 278 g/mol. The topological polar surface area (TPSA) is 44.8 Å². The van der Waals surface area contributed by atoms with E-state index in [1.165, 1.54) is 0 Å². The highest BCUT2D eigenvalue weighted by Gasteiger charge is 2.37. The third-order valence-electron chi connectivity index (χ3n) is 3.36. The van der Waals surface area contributed by atoms with E-state index in [1.807, 2.05) is 18.2 Å². The molecule has 0 heterocycles. The molecule has 0 aliphatic heterocycles. The Hall–Kier alpha value is -1.55. The molecule has 0 aromatic heterocycles. The van der Waals surface area contributed by atoms with Crippen LogP contribution in [0, 0.1) is 0 Å². The molecule has 2 aliphatic carbocycles. The standard InChI is InChI=1S/C16H22O4/c1-12(2)15(17)20-16(3,18-13-8-4-5-9-13)19-14-10-6-7-11-14/h4-5,8,14H,1,6-7,9-11H2,2-3H3. The van der Waals surface area contributed by atoms with Gasteiger partial charge in [0.25, 0.3) is 0 Å². The molecule has 4 heteroatoms. The van der Waals surface area contributed by atoms with Crippen LogP contribution >= 0.6 is 0 Å². The van der Waals surface area contributed by atoms with E-state index < -0.39 is 11.9 Å². The lowest BCUT2D eigenvalue weighted by atomic mass is 10.3. The fourth-order valence-corrected chi connectivity index (χ4v) is 2.37. The summed E-state index contributed by atoms with van der Waals surface area (Å²) < 4.78 is 17.1. The molecule has 2 rings (SSSR count). The van der Waals surface area contributed by atoms with Crippen molar-refractivity contribution in [2.24, 2.45) is 0 Å². The van der Waals surface area contributed by atoms with Crippen molar-refractivity contribution in [2.45, 2.75) is 58.0 Å². The van der Waals surface area contributed by atoms with E-state index in [2.05, 4.69) is 6.58 Å². The lowest BCUT2D eigenvalue weighted by Gasteiger charge is -2.32. The average Bonchev–Trinajstić information content (AvgIpc) is 3.01. The molecule has 0 amide bonds. The van der Waals surface area contributed by atoms with Crippen LogP contribution in [0.1, 0.15) is 46.0 Å². The summed E-state index contributed by atoms with van der Waals surface area (Å²) in [7, 11) is 0. The second-order valence-corrected chi connectivity index (χ2v) is 5.42. The summed E-state index contributed by atoms with van der Waals surface area (Å²) in [6.07, 6.45) is 10.7. The summed E-state index contributed by atoms with van der Waals surface area (Å²) in [5.41, 5.74) is 0.327. The maximum absolute atomic E-state index is 11.8. The molecule has 1 saturated carbocycles. The maximum Gasteiger partial charge on any atom is 0.370 e. The SMILES string of the molecule is C=C(C)C(=O)OC(C)(OC1=CC=CC1)OC1CCCC1. The van der Waals surface area contributed by atoms with Crippen molar-refractivity contribution in [3.05, 3.63) is 36.1 Å². The summed E-state index contributed by atoms with van der Waals surface area (Å²) in [6.45, 7) is 6.84. The van der Waals surface area contributed by atoms with Crippen molar-refractivity contribution in [3.63, 3.8) is 0 Å². The van der Waals surface area contributed by atoms with Gasteiger partial charge >= 0.3 is 11.9 Å². The van der Waals surface area contributed by atoms with Gasteiger partial charge in [-0.2, -0.15) is 0 Å². The zero-order valence-electron chi connectivity index (χ0n) is 12.2. The Morgan fingerprint density at radius 2 is 2.10 bits per heavy atom. The Morgan fingerprint density at radius 3 is 2.65 bits per heavy atom. The first-order valence-corrected chi connectivity index (χ1v) is 7.10. The molecular weight excluding hydrogens is 256 g/mol. The molecule has 0 spiro atoms. The van der Waals surface area contributed by atoms with Crippen LogP contribution in [0.3, 0.4) is 0 Å². The Labute approximate surface area is 120 Å². The Balaban J connectivity index is 2.03. The Bertz CT molecular complexity index is 437. The smallest absolute Gasteiger partial charge is 0.370 e. The van der Waals surface area contributed by atoms with Crippen LogP contribution < -0.4 is 0 Å². The molecule has 0 saturated heterocycles. The van der Waals surface area contributed by atoms with Crippen molar-refractivity contribution < 1.29 is 19.0 Å². The summed E-state index contributed by atoms with van der Waals surface area (Å²) in [5.74, 6) is -1.15. The highest BCUT2D eigenvalue weighted by atomic mass is 16.9. The molecule has 0 aromatic rings. The van der Waals surface area contributed by atoms with E-state index in [4.69, 9.17) is 14.2 Å². The molecule has 0 bridgehead atoms. The van der Waals surface area contributed by atoms with Crippen molar-refractivity contribution in [1.29, 1.82) is 0 Å². The highest BCUT2D eigenvalue weighted by molar-refractivity contribution is 5.87. The first-order chi connectivity index (χ1) is 9.48. The van der Waals surface area contributed by atoms with Gasteiger partial charge in [0.1, 0.15) is 5.76 Å². The molecular formula is C16H22O4. The molecule has 1 fully saturated rings. The predicted octanol–water partition coefficient (Wildman–Crippen LogP) is 3.60. The lowest BCUT2D eigenvalue weighted by molar-refractivity contribution is -0.350. The third-order valence-corrected chi connectivity index (χ3v) is 3.36. The molecule has 2 aliphatic rings. The van der Waals surface area contributed by atoms with Gasteiger partial charge < -0.3 is 14.2 Å². The van der Waals surface area contributed by atoms with Crippen LogP contribution in [0.5, 0.6) is 0 Å². The van der Waals surface area contributed by atoms with E-state index in [-0.39, 0.29) is 6.10 Å². The third kappa shape index (κ3) is 3.97. The zero-order valence-corrected chi connectivity index (χ0v) is 12.2. The number of carbonyl (C=O) groups is 1. The second-order valence-electron chi connectivity index (χ2n) is 5.42. The minimum absolute atomic E-state index is 0.0767. The predicted molar refractivity (Wildman–Crippen MR) is 75.6 cm³/mol. The first-order valence-electron chi connectivity index (χ1n) is 7.10. The summed E-state index contributed by atoms with van der Waals surface area (Å²) >= 11 is 0. The minimum atomic E-state index is -1.39. The number of hydrogen-bond acceptors (Lipinski definition) is 4. The molecule has 4 nitrogen and oxygen atoms in total. The second kappa shape index (κ2) is 6.27. The van der Waals surface area contributed by atoms with Crippen LogP contribution in [0.15, 0.2) is 36.1 Å². The molecule has 0 N–H and O–H groups in total. The zero-order chi connectivity index (χ0) is 14.6. The van der Waals surface area contributed by atoms with Gasteiger partial charge in [0.2, 0.25) is 0 Å². The van der Waals surface area contributed by atoms with Gasteiger partial charge in [0.15, 0.2) is 0 Å². The first kappa shape index (κ1) is 14.9. The molecule has 0 aromatic carbocycles. The maximum atomic E-state index is 11.8. The lowest BCUT2D eigenvalue weighted by Crippen LogP contribution is -2.40. The van der Waals surface area contributed by atoms with E-state index in [1.54, 1.807) is 13.8 Å². The van der Waals surface area contributed by atoms with Crippen LogP contribution in [0.25, 0.3) is 0 Å². The number of esters is 1. The summed E-state index contributed by atoms with van der Waals surface area (Å²) in [4.78, 5) is 11.8. The van der Waals surface area contributed by atoms with Crippen molar-refractivity contribution in [3.8, 4) is 0 Å². The molecule has 1 atom stereocenters. The molecule has 110 valence electrons. The fourth-order valence-electron chi connectivity index (χ4n) is 2.37. The normalized spacial score (nSPS) is 21.4. The van der Waals surface area contributed by atoms with E-state index >= 15 is 0 Å². The average molecular weight is 278 g/mol. The van der Waals surface area contributed by atoms with Crippen LogP contribution in [-0.4, -0.2) is 18.0 Å². The number of allylic oxidation sites excluding steroid dienone is 3. The van der Waals surface area contributed by atoms with Gasteiger partial charge in [-0.25, -0.2) is 4.79 Å². The Kier molecular flexibility index (Phi) is 4.65. The molecule has 1 unspecified atom stereocenters. The van der Waals surface area contributed by atoms with Gasteiger partial charge in [0.05, 0.1) is 6.10 Å². The van der Waals surface area contributed by atoms with Gasteiger partial charge in [-0.1, -0.05) is 31.6 Å². The quantitative estimate of drug-likeness (QED) is 0.423. The number of rotatable bonds is 6. The number of hydrogen-bond donors (Lipinski definition) is 0. The van der Waals surface area contributed by atoms with Crippen LogP contribution in [0.4, 0.5) is 0 Å². The van der Waals surface area contributed by atoms with Crippen LogP contribution in [0.2, 0.25) is 0 Å². The largest absolute Gasteiger partial charge is 0.434 e. The van der Waals surface area contributed by atoms with Gasteiger partial charge in [-0.15, -0.1) is 0 Å². The highest BCUT2D eigenvalue weighted by Crippen LogP contribution is 2.30. The minimum Gasteiger partial charge on any atom is -0.434 e. The number of carbonyl (C=O) groups excluding carboxylic acids is 1. The molecule has 20 heavy (non-hydrogen) atoms. The van der Waals surface area contributed by atoms with Crippen molar-refractivity contribution >= 4 is 5.97 Å². The number of ether oxygens (including phenoxy) is 3.